The van der Waals surface area contributed by atoms with Crippen LogP contribution in [0.15, 0.2) is 24.3 Å². The molecule has 5 heteroatoms. The molecule has 1 aromatic carbocycles. The fourth-order valence-electron chi connectivity index (χ4n) is 2.23. The first-order valence-electron chi connectivity index (χ1n) is 7.83. The molecule has 0 bridgehead atoms. The number of hydrogen-bond donors (Lipinski definition) is 3. The normalized spacial score (nSPS) is 15.5. The summed E-state index contributed by atoms with van der Waals surface area (Å²) in [6.45, 7) is 4.30. The molecule has 1 atom stereocenters. The lowest BCUT2D eigenvalue weighted by molar-refractivity contribution is -0.117. The maximum absolute atomic E-state index is 12.0. The summed E-state index contributed by atoms with van der Waals surface area (Å²) in [5.41, 5.74) is 1.22. The van der Waals surface area contributed by atoms with Crippen LogP contribution in [0.1, 0.15) is 43.5 Å². The van der Waals surface area contributed by atoms with Gasteiger partial charge in [-0.25, -0.2) is 0 Å². The molecule has 22 heavy (non-hydrogen) atoms. The smallest absolute Gasteiger partial charge is 0.251 e. The van der Waals surface area contributed by atoms with Crippen LogP contribution in [0.2, 0.25) is 0 Å². The summed E-state index contributed by atoms with van der Waals surface area (Å²) in [6, 6.07) is 6.79. The zero-order chi connectivity index (χ0) is 16.1. The average molecular weight is 304 g/mol. The van der Waals surface area contributed by atoms with Gasteiger partial charge in [-0.3, -0.25) is 9.59 Å². The number of anilines is 1. The standard InChI is InChI=1S/C17H24N2O3/c1-11(2)9-15(20)10-18-16(21)12-5-7-14(8-6-12)19-17(22)13-3-4-13/h5-8,11,13,15,20H,3-4,9-10H2,1-2H3,(H,18,21)(H,19,22). The van der Waals surface area contributed by atoms with E-state index in [1.165, 1.54) is 0 Å². The molecular formula is C17H24N2O3. The van der Waals surface area contributed by atoms with Crippen LogP contribution in [-0.4, -0.2) is 29.6 Å². The summed E-state index contributed by atoms with van der Waals surface area (Å²) in [5.74, 6) is 0.378. The molecule has 0 radical (unpaired) electrons. The molecule has 1 aliphatic rings. The van der Waals surface area contributed by atoms with E-state index in [9.17, 15) is 14.7 Å². The van der Waals surface area contributed by atoms with Crippen LogP contribution in [0, 0.1) is 11.8 Å². The van der Waals surface area contributed by atoms with Gasteiger partial charge < -0.3 is 15.7 Å². The summed E-state index contributed by atoms with van der Waals surface area (Å²) >= 11 is 0. The van der Waals surface area contributed by atoms with E-state index in [4.69, 9.17) is 0 Å². The SMILES string of the molecule is CC(C)CC(O)CNC(=O)c1ccc(NC(=O)C2CC2)cc1. The van der Waals surface area contributed by atoms with Crippen molar-refractivity contribution in [2.45, 2.75) is 39.2 Å². The van der Waals surface area contributed by atoms with E-state index in [0.29, 0.717) is 23.6 Å². The largest absolute Gasteiger partial charge is 0.391 e. The molecule has 0 heterocycles. The molecule has 0 spiro atoms. The molecule has 120 valence electrons. The summed E-state index contributed by atoms with van der Waals surface area (Å²) in [4.78, 5) is 23.6. The molecule has 1 saturated carbocycles. The molecule has 1 aliphatic carbocycles. The number of benzene rings is 1. The van der Waals surface area contributed by atoms with Crippen molar-refractivity contribution in [2.75, 3.05) is 11.9 Å². The predicted molar refractivity (Wildman–Crippen MR) is 85.6 cm³/mol. The molecule has 0 saturated heterocycles. The molecule has 2 amide bonds. The molecule has 1 unspecified atom stereocenters. The third kappa shape index (κ3) is 5.15. The van der Waals surface area contributed by atoms with Crippen molar-refractivity contribution in [3.63, 3.8) is 0 Å². The van der Waals surface area contributed by atoms with E-state index in [0.717, 1.165) is 12.8 Å². The summed E-state index contributed by atoms with van der Waals surface area (Å²) in [6.07, 6.45) is 2.06. The van der Waals surface area contributed by atoms with Gasteiger partial charge in [-0.15, -0.1) is 0 Å². The van der Waals surface area contributed by atoms with Crippen LogP contribution in [0.3, 0.4) is 0 Å². The van der Waals surface area contributed by atoms with Crippen molar-refractivity contribution in [3.05, 3.63) is 29.8 Å². The lowest BCUT2D eigenvalue weighted by atomic mass is 10.1. The molecule has 5 nitrogen and oxygen atoms in total. The van der Waals surface area contributed by atoms with Crippen molar-refractivity contribution in [3.8, 4) is 0 Å². The number of rotatable bonds is 7. The van der Waals surface area contributed by atoms with Crippen molar-refractivity contribution in [1.82, 2.24) is 5.32 Å². The molecule has 0 aliphatic heterocycles. The highest BCUT2D eigenvalue weighted by molar-refractivity contribution is 5.96. The Bertz CT molecular complexity index is 521. The van der Waals surface area contributed by atoms with Gasteiger partial charge in [0.05, 0.1) is 6.10 Å². The minimum atomic E-state index is -0.527. The van der Waals surface area contributed by atoms with E-state index in [-0.39, 0.29) is 24.3 Å². The van der Waals surface area contributed by atoms with Gasteiger partial charge >= 0.3 is 0 Å². The second-order valence-corrected chi connectivity index (χ2v) is 6.33. The number of carbonyl (C=O) groups is 2. The van der Waals surface area contributed by atoms with Crippen LogP contribution < -0.4 is 10.6 Å². The molecule has 1 aromatic rings. The van der Waals surface area contributed by atoms with Gasteiger partial charge in [0.2, 0.25) is 5.91 Å². The maximum Gasteiger partial charge on any atom is 0.251 e. The number of hydrogen-bond acceptors (Lipinski definition) is 3. The minimum Gasteiger partial charge on any atom is -0.391 e. The number of nitrogens with one attached hydrogen (secondary N) is 2. The van der Waals surface area contributed by atoms with Gasteiger partial charge in [-0.2, -0.15) is 0 Å². The lowest BCUT2D eigenvalue weighted by Gasteiger charge is -2.14. The third-order valence-corrected chi connectivity index (χ3v) is 3.60. The van der Waals surface area contributed by atoms with Crippen LogP contribution >= 0.6 is 0 Å². The Balaban J connectivity index is 1.81. The number of aliphatic hydroxyl groups excluding tert-OH is 1. The highest BCUT2D eigenvalue weighted by atomic mass is 16.3. The zero-order valence-corrected chi connectivity index (χ0v) is 13.1. The van der Waals surface area contributed by atoms with E-state index in [1.807, 2.05) is 13.8 Å². The first-order chi connectivity index (χ1) is 10.5. The van der Waals surface area contributed by atoms with Gasteiger partial charge in [0.25, 0.3) is 5.91 Å². The van der Waals surface area contributed by atoms with Crippen molar-refractivity contribution in [1.29, 1.82) is 0 Å². The van der Waals surface area contributed by atoms with Gasteiger partial charge in [0.1, 0.15) is 0 Å². The Morgan fingerprint density at radius 3 is 2.41 bits per heavy atom. The molecule has 1 fully saturated rings. The Kier molecular flexibility index (Phi) is 5.55. The molecule has 2 rings (SSSR count). The van der Waals surface area contributed by atoms with Crippen LogP contribution in [-0.2, 0) is 4.79 Å². The molecule has 0 aromatic heterocycles. The van der Waals surface area contributed by atoms with E-state index in [1.54, 1.807) is 24.3 Å². The van der Waals surface area contributed by atoms with E-state index in [2.05, 4.69) is 10.6 Å². The van der Waals surface area contributed by atoms with Crippen LogP contribution in [0.25, 0.3) is 0 Å². The summed E-state index contributed by atoms with van der Waals surface area (Å²) < 4.78 is 0. The Hall–Kier alpha value is -1.88. The van der Waals surface area contributed by atoms with Crippen LogP contribution in [0.5, 0.6) is 0 Å². The van der Waals surface area contributed by atoms with E-state index >= 15 is 0 Å². The second kappa shape index (κ2) is 7.40. The third-order valence-electron chi connectivity index (χ3n) is 3.60. The predicted octanol–water partition coefficient (Wildman–Crippen LogP) is 2.17. The minimum absolute atomic E-state index is 0.0500. The monoisotopic (exact) mass is 304 g/mol. The Morgan fingerprint density at radius 1 is 1.23 bits per heavy atom. The highest BCUT2D eigenvalue weighted by Crippen LogP contribution is 2.30. The zero-order valence-electron chi connectivity index (χ0n) is 13.1. The fourth-order valence-corrected chi connectivity index (χ4v) is 2.23. The Morgan fingerprint density at radius 2 is 1.86 bits per heavy atom. The summed E-state index contributed by atoms with van der Waals surface area (Å²) in [5, 5.41) is 15.3. The highest BCUT2D eigenvalue weighted by Gasteiger charge is 2.29. The van der Waals surface area contributed by atoms with Gasteiger partial charge in [0, 0.05) is 23.7 Å². The topological polar surface area (TPSA) is 78.4 Å². The first kappa shape index (κ1) is 16.5. The average Bonchev–Trinajstić information content (AvgIpc) is 3.29. The quantitative estimate of drug-likeness (QED) is 0.722. The van der Waals surface area contributed by atoms with E-state index < -0.39 is 6.10 Å². The number of amides is 2. The Labute approximate surface area is 131 Å². The fraction of sp³-hybridized carbons (Fsp3) is 0.529. The van der Waals surface area contributed by atoms with Crippen molar-refractivity contribution >= 4 is 17.5 Å². The number of aliphatic hydroxyl groups is 1. The molecule has 3 N–H and O–H groups in total. The molecular weight excluding hydrogens is 280 g/mol. The van der Waals surface area contributed by atoms with Crippen LogP contribution in [0.4, 0.5) is 5.69 Å². The first-order valence-corrected chi connectivity index (χ1v) is 7.83. The summed E-state index contributed by atoms with van der Waals surface area (Å²) in [7, 11) is 0. The van der Waals surface area contributed by atoms with Gasteiger partial charge in [0.15, 0.2) is 0 Å². The number of carbonyl (C=O) groups excluding carboxylic acids is 2. The van der Waals surface area contributed by atoms with Gasteiger partial charge in [-0.1, -0.05) is 13.8 Å². The van der Waals surface area contributed by atoms with Gasteiger partial charge in [-0.05, 0) is 49.4 Å². The second-order valence-electron chi connectivity index (χ2n) is 6.33. The lowest BCUT2D eigenvalue weighted by Crippen LogP contribution is -2.32. The maximum atomic E-state index is 12.0. The van der Waals surface area contributed by atoms with Crippen molar-refractivity contribution in [2.24, 2.45) is 11.8 Å². The van der Waals surface area contributed by atoms with Crippen molar-refractivity contribution < 1.29 is 14.7 Å².